The number of nitrogens with one attached hydrogen (secondary N) is 1. The summed E-state index contributed by atoms with van der Waals surface area (Å²) in [5, 5.41) is 6.36. The highest BCUT2D eigenvalue weighted by Crippen LogP contribution is 2.24. The number of hydrogen-bond donors (Lipinski definition) is 1. The van der Waals surface area contributed by atoms with Crippen molar-refractivity contribution in [1.82, 2.24) is 9.78 Å². The molecule has 0 aliphatic carbocycles. The van der Waals surface area contributed by atoms with Crippen molar-refractivity contribution in [2.75, 3.05) is 11.9 Å². The van der Waals surface area contributed by atoms with Crippen molar-refractivity contribution in [1.29, 1.82) is 0 Å². The maximum absolute atomic E-state index is 13.8. The molecule has 5 nitrogen and oxygen atoms in total. The Labute approximate surface area is 161 Å². The third-order valence-electron chi connectivity index (χ3n) is 3.93. The number of para-hydroxylation sites is 1. The Morgan fingerprint density at radius 2 is 1.62 bits per heavy atom. The zero-order chi connectivity index (χ0) is 21.1. The van der Waals surface area contributed by atoms with Crippen molar-refractivity contribution in [3.8, 4) is 5.75 Å². The van der Waals surface area contributed by atoms with E-state index in [4.69, 9.17) is 4.74 Å². The van der Waals surface area contributed by atoms with Gasteiger partial charge in [-0.25, -0.2) is 22.0 Å². The average molecular weight is 411 g/mol. The first kappa shape index (κ1) is 20.3. The fourth-order valence-corrected chi connectivity index (χ4v) is 2.59. The van der Waals surface area contributed by atoms with Gasteiger partial charge >= 0.3 is 0 Å². The van der Waals surface area contributed by atoms with Crippen LogP contribution in [-0.4, -0.2) is 22.3 Å². The van der Waals surface area contributed by atoms with Crippen LogP contribution in [0.15, 0.2) is 36.5 Å². The van der Waals surface area contributed by atoms with Gasteiger partial charge in [0.25, 0.3) is 5.91 Å². The average Bonchev–Trinajstić information content (AvgIpc) is 3.15. The maximum Gasteiger partial charge on any atom is 0.260 e. The minimum absolute atomic E-state index is 0.0187. The Bertz CT molecular complexity index is 1040. The van der Waals surface area contributed by atoms with Crippen LogP contribution in [0.4, 0.5) is 27.8 Å². The number of halogens is 5. The molecule has 3 rings (SSSR count). The summed E-state index contributed by atoms with van der Waals surface area (Å²) in [5.41, 5.74) is -0.798. The van der Waals surface area contributed by atoms with Crippen molar-refractivity contribution < 1.29 is 31.5 Å². The zero-order valence-electron chi connectivity index (χ0n) is 15.0. The Kier molecular flexibility index (Phi) is 5.81. The Hall–Kier alpha value is -3.43. The highest BCUT2D eigenvalue weighted by Gasteiger charge is 2.26. The van der Waals surface area contributed by atoms with Crippen LogP contribution in [0.25, 0.3) is 0 Å². The topological polar surface area (TPSA) is 56.1 Å². The van der Waals surface area contributed by atoms with Crippen LogP contribution in [0.2, 0.25) is 0 Å². The summed E-state index contributed by atoms with van der Waals surface area (Å²) in [6.07, 6.45) is 1.22. The predicted octanol–water partition coefficient (Wildman–Crippen LogP) is 4.28. The van der Waals surface area contributed by atoms with Crippen LogP contribution in [-0.2, 0) is 6.54 Å². The monoisotopic (exact) mass is 411 g/mol. The first-order valence-corrected chi connectivity index (χ1v) is 8.40. The Morgan fingerprint density at radius 3 is 2.28 bits per heavy atom. The minimum Gasteiger partial charge on any atom is -0.493 e. The van der Waals surface area contributed by atoms with Crippen molar-refractivity contribution in [2.45, 2.75) is 13.5 Å². The van der Waals surface area contributed by atoms with Crippen molar-refractivity contribution in [2.24, 2.45) is 0 Å². The lowest BCUT2D eigenvalue weighted by molar-refractivity contribution is 0.102. The molecule has 2 aromatic carbocycles. The van der Waals surface area contributed by atoms with Gasteiger partial charge in [-0.15, -0.1) is 0 Å². The van der Waals surface area contributed by atoms with Crippen LogP contribution >= 0.6 is 0 Å². The Morgan fingerprint density at radius 1 is 1.00 bits per heavy atom. The molecule has 0 saturated carbocycles. The van der Waals surface area contributed by atoms with Gasteiger partial charge in [-0.2, -0.15) is 5.10 Å². The van der Waals surface area contributed by atoms with Crippen LogP contribution in [0, 0.1) is 29.1 Å². The molecule has 152 valence electrons. The first-order chi connectivity index (χ1) is 13.8. The number of rotatable bonds is 6. The summed E-state index contributed by atoms with van der Waals surface area (Å²) in [7, 11) is 0. The van der Waals surface area contributed by atoms with Crippen LogP contribution in [0.1, 0.15) is 22.8 Å². The van der Waals surface area contributed by atoms with E-state index < -0.39 is 47.1 Å². The van der Waals surface area contributed by atoms with E-state index in [1.54, 1.807) is 25.1 Å². The van der Waals surface area contributed by atoms with E-state index in [9.17, 15) is 26.7 Å². The molecular formula is C19H14F5N3O2. The lowest BCUT2D eigenvalue weighted by Crippen LogP contribution is -2.15. The van der Waals surface area contributed by atoms with Gasteiger partial charge in [-0.3, -0.25) is 9.48 Å². The molecule has 0 atom stereocenters. The number of nitrogens with zero attached hydrogens (tertiary/aromatic N) is 2. The molecule has 0 fully saturated rings. The van der Waals surface area contributed by atoms with Crippen LogP contribution in [0.5, 0.6) is 5.75 Å². The fraction of sp³-hybridized carbons (Fsp3) is 0.158. The van der Waals surface area contributed by atoms with Gasteiger partial charge in [-0.05, 0) is 19.1 Å². The van der Waals surface area contributed by atoms with Crippen LogP contribution in [0.3, 0.4) is 0 Å². The molecule has 3 aromatic rings. The molecule has 0 aliphatic rings. The van der Waals surface area contributed by atoms with E-state index in [0.717, 1.165) is 4.68 Å². The lowest BCUT2D eigenvalue weighted by Gasteiger charge is -2.09. The number of amides is 1. The minimum atomic E-state index is -2.23. The first-order valence-electron chi connectivity index (χ1n) is 8.40. The summed E-state index contributed by atoms with van der Waals surface area (Å²) in [6.45, 7) is 1.38. The van der Waals surface area contributed by atoms with E-state index >= 15 is 0 Å². The molecule has 1 amide bonds. The van der Waals surface area contributed by atoms with Gasteiger partial charge in [0.15, 0.2) is 29.1 Å². The van der Waals surface area contributed by atoms with E-state index in [1.807, 2.05) is 0 Å². The van der Waals surface area contributed by atoms with E-state index in [-0.39, 0.29) is 11.4 Å². The molecule has 1 heterocycles. The summed E-state index contributed by atoms with van der Waals surface area (Å²) < 4.78 is 73.6. The third kappa shape index (κ3) is 4.05. The zero-order valence-corrected chi connectivity index (χ0v) is 15.0. The molecule has 0 bridgehead atoms. The van der Waals surface area contributed by atoms with E-state index in [0.29, 0.717) is 12.4 Å². The molecule has 1 N–H and O–H groups in total. The van der Waals surface area contributed by atoms with Gasteiger partial charge in [0, 0.05) is 12.3 Å². The van der Waals surface area contributed by atoms with Gasteiger partial charge in [0.2, 0.25) is 5.82 Å². The van der Waals surface area contributed by atoms with Gasteiger partial charge < -0.3 is 10.1 Å². The second-order valence-electron chi connectivity index (χ2n) is 5.83. The standard InChI is InChI=1S/C19H14F5N3O2/c1-2-29-12-6-4-3-5-10(12)19(28)25-13-7-8-27(26-13)9-11-14(20)16(22)18(24)17(23)15(11)21/h3-8H,2,9H2,1H3,(H,25,26,28). The van der Waals surface area contributed by atoms with Crippen molar-refractivity contribution in [3.05, 3.63) is 76.7 Å². The van der Waals surface area contributed by atoms with Gasteiger partial charge in [0.1, 0.15) is 5.75 Å². The third-order valence-corrected chi connectivity index (χ3v) is 3.93. The molecule has 29 heavy (non-hydrogen) atoms. The maximum atomic E-state index is 13.8. The lowest BCUT2D eigenvalue weighted by atomic mass is 10.1. The fourth-order valence-electron chi connectivity index (χ4n) is 2.59. The summed E-state index contributed by atoms with van der Waals surface area (Å²) in [4.78, 5) is 12.4. The largest absolute Gasteiger partial charge is 0.493 e. The molecule has 0 radical (unpaired) electrons. The molecule has 1 aromatic heterocycles. The van der Waals surface area contributed by atoms with Gasteiger partial charge in [0.05, 0.1) is 24.3 Å². The number of anilines is 1. The summed E-state index contributed by atoms with van der Waals surface area (Å²) in [6, 6.07) is 7.79. The second kappa shape index (κ2) is 8.29. The van der Waals surface area contributed by atoms with E-state index in [1.165, 1.54) is 18.3 Å². The van der Waals surface area contributed by atoms with Crippen LogP contribution < -0.4 is 10.1 Å². The molecular weight excluding hydrogens is 397 g/mol. The highest BCUT2D eigenvalue weighted by molar-refractivity contribution is 6.05. The van der Waals surface area contributed by atoms with Crippen molar-refractivity contribution >= 4 is 11.7 Å². The predicted molar refractivity (Wildman–Crippen MR) is 93.1 cm³/mol. The molecule has 0 unspecified atom stereocenters. The van der Waals surface area contributed by atoms with Crippen molar-refractivity contribution in [3.63, 3.8) is 0 Å². The SMILES string of the molecule is CCOc1ccccc1C(=O)Nc1ccn(Cc2c(F)c(F)c(F)c(F)c2F)n1. The number of carbonyl (C=O) groups is 1. The number of carbonyl (C=O) groups excluding carboxylic acids is 1. The molecule has 0 saturated heterocycles. The Balaban J connectivity index is 1.80. The number of hydrogen-bond acceptors (Lipinski definition) is 3. The molecule has 0 aliphatic heterocycles. The van der Waals surface area contributed by atoms with Gasteiger partial charge in [-0.1, -0.05) is 12.1 Å². The number of benzene rings is 2. The molecule has 10 heteroatoms. The number of ether oxygens (including phenoxy) is 1. The normalized spacial score (nSPS) is 10.8. The van der Waals surface area contributed by atoms with E-state index in [2.05, 4.69) is 10.4 Å². The number of aromatic nitrogens is 2. The quantitative estimate of drug-likeness (QED) is 0.374. The highest BCUT2D eigenvalue weighted by atomic mass is 19.2. The smallest absolute Gasteiger partial charge is 0.260 e. The second-order valence-corrected chi connectivity index (χ2v) is 5.83. The molecule has 0 spiro atoms. The summed E-state index contributed by atoms with van der Waals surface area (Å²) >= 11 is 0. The summed E-state index contributed by atoms with van der Waals surface area (Å²) in [5.74, 6) is -10.3.